The van der Waals surface area contributed by atoms with Gasteiger partial charge < -0.3 is 20.9 Å². The molecule has 0 spiro atoms. The Morgan fingerprint density at radius 3 is 2.61 bits per heavy atom. The molecule has 1 fully saturated rings. The van der Waals surface area contributed by atoms with Gasteiger partial charge in [0.25, 0.3) is 0 Å². The van der Waals surface area contributed by atoms with E-state index >= 15 is 0 Å². The summed E-state index contributed by atoms with van der Waals surface area (Å²) in [4.78, 5) is 7.24. The van der Waals surface area contributed by atoms with Crippen LogP contribution in [-0.2, 0) is 0 Å². The van der Waals surface area contributed by atoms with E-state index in [4.69, 9.17) is 4.99 Å². The van der Waals surface area contributed by atoms with Crippen molar-refractivity contribution >= 4 is 52.0 Å². The van der Waals surface area contributed by atoms with E-state index < -0.39 is 0 Å². The molecule has 1 saturated heterocycles. The molecule has 3 N–H and O–H groups in total. The summed E-state index contributed by atoms with van der Waals surface area (Å²) in [6.07, 6.45) is 3.32. The topological polar surface area (TPSA) is 51.7 Å². The minimum absolute atomic E-state index is 0. The van der Waals surface area contributed by atoms with Crippen LogP contribution in [0.1, 0.15) is 26.2 Å². The van der Waals surface area contributed by atoms with Gasteiger partial charge in [-0.15, -0.1) is 35.3 Å². The molecule has 1 aromatic carbocycles. The molecule has 0 saturated carbocycles. The molecule has 5 nitrogen and oxygen atoms in total. The van der Waals surface area contributed by atoms with Crippen molar-refractivity contribution in [2.45, 2.75) is 32.2 Å². The minimum Gasteiger partial charge on any atom is -0.385 e. The van der Waals surface area contributed by atoms with E-state index in [1.54, 1.807) is 0 Å². The lowest BCUT2D eigenvalue weighted by molar-refractivity contribution is 0.463. The summed E-state index contributed by atoms with van der Waals surface area (Å²) in [6, 6.07) is 15.2. The molecule has 0 amide bonds. The van der Waals surface area contributed by atoms with Crippen molar-refractivity contribution in [1.82, 2.24) is 10.6 Å². The molecular formula is C21H32IN5S. The van der Waals surface area contributed by atoms with Crippen LogP contribution in [0.2, 0.25) is 0 Å². The number of piperidine rings is 1. The third-order valence-electron chi connectivity index (χ3n) is 4.71. The first-order valence-corrected chi connectivity index (χ1v) is 10.9. The van der Waals surface area contributed by atoms with Crippen molar-refractivity contribution in [3.63, 3.8) is 0 Å². The number of halogens is 1. The Balaban J connectivity index is 0.00000280. The van der Waals surface area contributed by atoms with Gasteiger partial charge in [-0.05, 0) is 55.8 Å². The lowest BCUT2D eigenvalue weighted by atomic mass is 10.1. The molecule has 3 rings (SSSR count). The number of hydrogen-bond acceptors (Lipinski definition) is 4. The van der Waals surface area contributed by atoms with Crippen LogP contribution in [0.3, 0.4) is 0 Å². The average Bonchev–Trinajstić information content (AvgIpc) is 3.24. The van der Waals surface area contributed by atoms with Gasteiger partial charge in [-0.25, -0.2) is 0 Å². The molecule has 0 aliphatic carbocycles. The normalized spacial score (nSPS) is 15.0. The minimum atomic E-state index is 0. The van der Waals surface area contributed by atoms with E-state index in [0.29, 0.717) is 6.04 Å². The summed E-state index contributed by atoms with van der Waals surface area (Å²) in [5.41, 5.74) is 1.17. The summed E-state index contributed by atoms with van der Waals surface area (Å²) >= 11 is 1.83. The van der Waals surface area contributed by atoms with Crippen LogP contribution < -0.4 is 20.9 Å². The van der Waals surface area contributed by atoms with Crippen LogP contribution >= 0.6 is 35.3 Å². The number of para-hydroxylation sites is 1. The smallest absolute Gasteiger partial charge is 0.191 e. The van der Waals surface area contributed by atoms with Crippen LogP contribution in [0.15, 0.2) is 52.8 Å². The van der Waals surface area contributed by atoms with Gasteiger partial charge in [0.15, 0.2) is 5.96 Å². The molecule has 0 radical (unpaired) electrons. The summed E-state index contributed by atoms with van der Waals surface area (Å²) < 4.78 is 0. The van der Waals surface area contributed by atoms with E-state index in [0.717, 1.165) is 57.9 Å². The van der Waals surface area contributed by atoms with Gasteiger partial charge in [-0.2, -0.15) is 0 Å². The third kappa shape index (κ3) is 7.50. The molecule has 0 unspecified atom stereocenters. The van der Waals surface area contributed by atoms with E-state index in [1.807, 2.05) is 17.4 Å². The monoisotopic (exact) mass is 513 g/mol. The number of nitrogens with one attached hydrogen (secondary N) is 3. The number of nitrogens with zero attached hydrogens (tertiary/aromatic N) is 2. The second-order valence-electron chi connectivity index (χ2n) is 6.76. The Bertz CT molecular complexity index is 669. The second kappa shape index (κ2) is 12.9. The lowest BCUT2D eigenvalue weighted by Gasteiger charge is -2.33. The largest absolute Gasteiger partial charge is 0.385 e. The predicted molar refractivity (Wildman–Crippen MR) is 134 cm³/mol. The highest BCUT2D eigenvalue weighted by molar-refractivity contribution is 14.0. The van der Waals surface area contributed by atoms with Crippen LogP contribution in [0.4, 0.5) is 10.7 Å². The second-order valence-corrected chi connectivity index (χ2v) is 7.69. The van der Waals surface area contributed by atoms with Crippen molar-refractivity contribution < 1.29 is 0 Å². The number of thiophene rings is 1. The Labute approximate surface area is 190 Å². The quantitative estimate of drug-likeness (QED) is 0.212. The fourth-order valence-corrected chi connectivity index (χ4v) is 4.05. The Morgan fingerprint density at radius 1 is 1.14 bits per heavy atom. The molecule has 7 heteroatoms. The van der Waals surface area contributed by atoms with E-state index in [2.05, 4.69) is 69.6 Å². The summed E-state index contributed by atoms with van der Waals surface area (Å²) in [7, 11) is 0. The molecule has 1 aliphatic rings. The lowest BCUT2D eigenvalue weighted by Crippen LogP contribution is -2.48. The maximum atomic E-state index is 4.75. The van der Waals surface area contributed by atoms with Crippen molar-refractivity contribution in [1.29, 1.82) is 0 Å². The Kier molecular flexibility index (Phi) is 10.5. The summed E-state index contributed by atoms with van der Waals surface area (Å²) in [6.45, 7) is 6.99. The molecule has 2 aromatic rings. The molecular weight excluding hydrogens is 481 g/mol. The van der Waals surface area contributed by atoms with Gasteiger partial charge >= 0.3 is 0 Å². The number of rotatable bonds is 8. The molecule has 154 valence electrons. The maximum absolute atomic E-state index is 4.75. The van der Waals surface area contributed by atoms with Gasteiger partial charge in [0.05, 0.1) is 5.00 Å². The standard InChI is InChI=1S/C21H31N5S.HI/c1-2-22-21(24-14-7-13-23-18-8-4-3-5-9-18)25-19-11-15-26(16-12-19)20-10-6-17-27-20;/h3-6,8-10,17,19,23H,2,7,11-16H2,1H3,(H2,22,24,25);1H. The highest BCUT2D eigenvalue weighted by Gasteiger charge is 2.20. The van der Waals surface area contributed by atoms with Gasteiger partial charge in [0, 0.05) is 44.5 Å². The first-order valence-electron chi connectivity index (χ1n) is 9.97. The first-order chi connectivity index (χ1) is 13.3. The zero-order valence-electron chi connectivity index (χ0n) is 16.6. The van der Waals surface area contributed by atoms with E-state index in [1.165, 1.54) is 10.7 Å². The number of guanidine groups is 1. The molecule has 1 aromatic heterocycles. The van der Waals surface area contributed by atoms with Crippen LogP contribution in [-0.4, -0.2) is 44.7 Å². The van der Waals surface area contributed by atoms with Crippen LogP contribution in [0.5, 0.6) is 0 Å². The fourth-order valence-electron chi connectivity index (χ4n) is 3.27. The van der Waals surface area contributed by atoms with Crippen molar-refractivity contribution in [3.8, 4) is 0 Å². The number of benzene rings is 1. The highest BCUT2D eigenvalue weighted by atomic mass is 127. The first kappa shape index (κ1) is 22.8. The Hall–Kier alpha value is -1.48. The van der Waals surface area contributed by atoms with Crippen LogP contribution in [0, 0.1) is 0 Å². The maximum Gasteiger partial charge on any atom is 0.191 e. The number of hydrogen-bond donors (Lipinski definition) is 3. The van der Waals surface area contributed by atoms with Gasteiger partial charge in [0.2, 0.25) is 0 Å². The van der Waals surface area contributed by atoms with Crippen LogP contribution in [0.25, 0.3) is 0 Å². The van der Waals surface area contributed by atoms with Gasteiger partial charge in [0.1, 0.15) is 0 Å². The SMILES string of the molecule is CCNC(=NCCCNc1ccccc1)NC1CCN(c2cccs2)CC1.I. The third-order valence-corrected chi connectivity index (χ3v) is 5.63. The zero-order chi connectivity index (χ0) is 18.7. The van der Waals surface area contributed by atoms with Gasteiger partial charge in [-0.3, -0.25) is 4.99 Å². The highest BCUT2D eigenvalue weighted by Crippen LogP contribution is 2.24. The average molecular weight is 513 g/mol. The van der Waals surface area contributed by atoms with Crippen molar-refractivity contribution in [2.75, 3.05) is 42.9 Å². The fraction of sp³-hybridized carbons (Fsp3) is 0.476. The Morgan fingerprint density at radius 2 is 1.93 bits per heavy atom. The molecule has 2 heterocycles. The molecule has 1 aliphatic heterocycles. The van der Waals surface area contributed by atoms with Crippen molar-refractivity contribution in [2.24, 2.45) is 4.99 Å². The zero-order valence-corrected chi connectivity index (χ0v) is 19.7. The summed E-state index contributed by atoms with van der Waals surface area (Å²) in [5, 5.41) is 14.0. The van der Waals surface area contributed by atoms with Crippen molar-refractivity contribution in [3.05, 3.63) is 47.8 Å². The molecule has 0 atom stereocenters. The number of anilines is 2. The predicted octanol–water partition coefficient (Wildman–Crippen LogP) is 4.39. The molecule has 0 bridgehead atoms. The number of aliphatic imine (C=N–C) groups is 1. The summed E-state index contributed by atoms with van der Waals surface area (Å²) in [5.74, 6) is 0.951. The van der Waals surface area contributed by atoms with E-state index in [-0.39, 0.29) is 24.0 Å². The van der Waals surface area contributed by atoms with Gasteiger partial charge in [-0.1, -0.05) is 18.2 Å². The molecule has 28 heavy (non-hydrogen) atoms. The van der Waals surface area contributed by atoms with E-state index in [9.17, 15) is 0 Å².